The molecule has 3 rings (SSSR count). The molecule has 2 heterocycles. The van der Waals surface area contributed by atoms with E-state index < -0.39 is 0 Å². The molecule has 0 aromatic heterocycles. The number of ether oxygens (including phenoxy) is 1. The van der Waals surface area contributed by atoms with Crippen molar-refractivity contribution in [3.8, 4) is 5.75 Å². The van der Waals surface area contributed by atoms with E-state index in [2.05, 4.69) is 5.32 Å². The lowest BCUT2D eigenvalue weighted by Gasteiger charge is -2.44. The van der Waals surface area contributed by atoms with Crippen LogP contribution in [-0.2, 0) is 9.53 Å². The summed E-state index contributed by atoms with van der Waals surface area (Å²) in [4.78, 5) is 13.7. The molecule has 1 aromatic rings. The van der Waals surface area contributed by atoms with E-state index in [9.17, 15) is 9.90 Å². The molecule has 2 aliphatic rings. The number of carbonyl (C=O) groups is 1. The van der Waals surface area contributed by atoms with Crippen LogP contribution in [0.25, 0.3) is 0 Å². The standard InChI is InChI=1S/C14H18N2O3/c17-12-4-1-3-11(7-12)16-10-14(19-8-13(16)18)5-2-6-15-9-14/h1,3-4,7,15,17H,2,5-6,8-10H2. The van der Waals surface area contributed by atoms with Gasteiger partial charge >= 0.3 is 0 Å². The molecule has 0 aliphatic carbocycles. The molecule has 1 atom stereocenters. The Morgan fingerprint density at radius 2 is 2.32 bits per heavy atom. The van der Waals surface area contributed by atoms with Crippen LogP contribution in [0.1, 0.15) is 12.8 Å². The zero-order valence-electron chi connectivity index (χ0n) is 10.8. The van der Waals surface area contributed by atoms with Crippen LogP contribution >= 0.6 is 0 Å². The average molecular weight is 262 g/mol. The summed E-state index contributed by atoms with van der Waals surface area (Å²) in [6, 6.07) is 6.81. The van der Waals surface area contributed by atoms with Crippen molar-refractivity contribution < 1.29 is 14.6 Å². The Labute approximate surface area is 112 Å². The molecule has 2 saturated heterocycles. The molecular formula is C14H18N2O3. The molecule has 2 aliphatic heterocycles. The maximum absolute atomic E-state index is 12.0. The first-order valence-electron chi connectivity index (χ1n) is 6.63. The predicted octanol–water partition coefficient (Wildman–Crippen LogP) is 0.878. The Bertz CT molecular complexity index is 483. The number of phenolic OH excluding ortho intramolecular Hbond substituents is 1. The number of aromatic hydroxyl groups is 1. The van der Waals surface area contributed by atoms with Crippen LogP contribution < -0.4 is 10.2 Å². The number of hydrogen-bond donors (Lipinski definition) is 2. The van der Waals surface area contributed by atoms with Gasteiger partial charge in [0.15, 0.2) is 0 Å². The van der Waals surface area contributed by atoms with Crippen LogP contribution in [-0.4, -0.2) is 42.9 Å². The van der Waals surface area contributed by atoms with E-state index in [1.54, 1.807) is 23.1 Å². The maximum atomic E-state index is 12.0. The summed E-state index contributed by atoms with van der Waals surface area (Å²) in [6.45, 7) is 2.43. The average Bonchev–Trinajstić information content (AvgIpc) is 2.43. The Balaban J connectivity index is 1.85. The molecule has 1 spiro atoms. The van der Waals surface area contributed by atoms with Crippen LogP contribution in [0.3, 0.4) is 0 Å². The number of phenols is 1. The molecule has 1 unspecified atom stereocenters. The summed E-state index contributed by atoms with van der Waals surface area (Å²) in [5, 5.41) is 12.9. The van der Waals surface area contributed by atoms with Crippen molar-refractivity contribution in [3.63, 3.8) is 0 Å². The number of nitrogens with one attached hydrogen (secondary N) is 1. The normalized spacial score (nSPS) is 27.8. The number of nitrogens with zero attached hydrogens (tertiary/aromatic N) is 1. The van der Waals surface area contributed by atoms with Crippen molar-refractivity contribution >= 4 is 11.6 Å². The van der Waals surface area contributed by atoms with E-state index in [-0.39, 0.29) is 23.9 Å². The smallest absolute Gasteiger partial charge is 0.253 e. The lowest BCUT2D eigenvalue weighted by molar-refractivity contribution is -0.140. The first-order chi connectivity index (χ1) is 9.19. The van der Waals surface area contributed by atoms with Gasteiger partial charge in [-0.1, -0.05) is 6.07 Å². The highest BCUT2D eigenvalue weighted by Crippen LogP contribution is 2.30. The number of piperidine rings is 1. The molecule has 2 fully saturated rings. The molecule has 5 nitrogen and oxygen atoms in total. The zero-order valence-corrected chi connectivity index (χ0v) is 10.8. The fraction of sp³-hybridized carbons (Fsp3) is 0.500. The third-order valence-corrected chi connectivity index (χ3v) is 3.82. The van der Waals surface area contributed by atoms with E-state index in [1.807, 2.05) is 6.07 Å². The minimum atomic E-state index is -0.280. The minimum absolute atomic E-state index is 0.0539. The summed E-state index contributed by atoms with van der Waals surface area (Å²) in [7, 11) is 0. The van der Waals surface area contributed by atoms with Gasteiger partial charge in [0.05, 0.1) is 12.1 Å². The summed E-state index contributed by atoms with van der Waals surface area (Å²) >= 11 is 0. The number of benzene rings is 1. The summed E-state index contributed by atoms with van der Waals surface area (Å²) in [5.74, 6) is 0.120. The van der Waals surface area contributed by atoms with Crippen LogP contribution in [0.15, 0.2) is 24.3 Å². The van der Waals surface area contributed by atoms with Gasteiger partial charge in [-0.05, 0) is 31.5 Å². The number of morpholine rings is 1. The summed E-state index contributed by atoms with van der Waals surface area (Å²) in [5.41, 5.74) is 0.454. The van der Waals surface area contributed by atoms with E-state index >= 15 is 0 Å². The second-order valence-corrected chi connectivity index (χ2v) is 5.25. The molecule has 5 heteroatoms. The highest BCUT2D eigenvalue weighted by atomic mass is 16.5. The van der Waals surface area contributed by atoms with E-state index in [4.69, 9.17) is 4.74 Å². The van der Waals surface area contributed by atoms with Gasteiger partial charge in [0, 0.05) is 18.3 Å². The SMILES string of the molecule is O=C1COC2(CCCNC2)CN1c1cccc(O)c1. The second kappa shape index (κ2) is 4.83. The van der Waals surface area contributed by atoms with Gasteiger partial charge < -0.3 is 20.1 Å². The first kappa shape index (κ1) is 12.4. The molecule has 1 amide bonds. The number of carbonyl (C=O) groups excluding carboxylic acids is 1. The van der Waals surface area contributed by atoms with Crippen molar-refractivity contribution in [2.75, 3.05) is 31.1 Å². The number of hydrogen-bond acceptors (Lipinski definition) is 4. The lowest BCUT2D eigenvalue weighted by Crippen LogP contribution is -2.60. The van der Waals surface area contributed by atoms with Gasteiger partial charge in [0.2, 0.25) is 0 Å². The highest BCUT2D eigenvalue weighted by Gasteiger charge is 2.41. The Kier molecular flexibility index (Phi) is 3.16. The quantitative estimate of drug-likeness (QED) is 0.788. The molecular weight excluding hydrogens is 244 g/mol. The lowest BCUT2D eigenvalue weighted by atomic mass is 9.91. The second-order valence-electron chi connectivity index (χ2n) is 5.25. The molecule has 0 radical (unpaired) electrons. The van der Waals surface area contributed by atoms with Crippen molar-refractivity contribution in [2.45, 2.75) is 18.4 Å². The van der Waals surface area contributed by atoms with Crippen molar-refractivity contribution in [1.29, 1.82) is 0 Å². The molecule has 0 saturated carbocycles. The van der Waals surface area contributed by atoms with Gasteiger partial charge in [-0.25, -0.2) is 0 Å². The van der Waals surface area contributed by atoms with Crippen molar-refractivity contribution in [1.82, 2.24) is 5.32 Å². The molecule has 1 aromatic carbocycles. The van der Waals surface area contributed by atoms with Crippen LogP contribution in [0.4, 0.5) is 5.69 Å². The minimum Gasteiger partial charge on any atom is -0.508 e. The van der Waals surface area contributed by atoms with Crippen LogP contribution in [0.5, 0.6) is 5.75 Å². The number of amides is 1. The molecule has 2 N–H and O–H groups in total. The zero-order chi connectivity index (χ0) is 13.3. The molecule has 102 valence electrons. The topological polar surface area (TPSA) is 61.8 Å². The number of rotatable bonds is 1. The first-order valence-corrected chi connectivity index (χ1v) is 6.63. The van der Waals surface area contributed by atoms with Gasteiger partial charge in [-0.3, -0.25) is 4.79 Å². The van der Waals surface area contributed by atoms with Crippen LogP contribution in [0, 0.1) is 0 Å². The highest BCUT2D eigenvalue weighted by molar-refractivity contribution is 5.95. The predicted molar refractivity (Wildman–Crippen MR) is 71.2 cm³/mol. The third kappa shape index (κ3) is 2.43. The largest absolute Gasteiger partial charge is 0.508 e. The maximum Gasteiger partial charge on any atom is 0.253 e. The van der Waals surface area contributed by atoms with E-state index in [0.29, 0.717) is 6.54 Å². The Morgan fingerprint density at radius 1 is 1.42 bits per heavy atom. The monoisotopic (exact) mass is 262 g/mol. The summed E-state index contributed by atoms with van der Waals surface area (Å²) < 4.78 is 5.78. The third-order valence-electron chi connectivity index (χ3n) is 3.82. The molecule has 0 bridgehead atoms. The van der Waals surface area contributed by atoms with Gasteiger partial charge in [-0.15, -0.1) is 0 Å². The fourth-order valence-electron chi connectivity index (χ4n) is 2.81. The van der Waals surface area contributed by atoms with Gasteiger partial charge in [-0.2, -0.15) is 0 Å². The fourth-order valence-corrected chi connectivity index (χ4v) is 2.81. The number of anilines is 1. The Morgan fingerprint density at radius 3 is 3.05 bits per heavy atom. The molecule has 19 heavy (non-hydrogen) atoms. The van der Waals surface area contributed by atoms with E-state index in [1.165, 1.54) is 0 Å². The van der Waals surface area contributed by atoms with Crippen molar-refractivity contribution in [2.24, 2.45) is 0 Å². The van der Waals surface area contributed by atoms with Gasteiger partial charge in [0.25, 0.3) is 5.91 Å². The Hall–Kier alpha value is -1.59. The van der Waals surface area contributed by atoms with Gasteiger partial charge in [0.1, 0.15) is 12.4 Å². The summed E-state index contributed by atoms with van der Waals surface area (Å²) in [6.07, 6.45) is 2.02. The van der Waals surface area contributed by atoms with Crippen molar-refractivity contribution in [3.05, 3.63) is 24.3 Å². The van der Waals surface area contributed by atoms with E-state index in [0.717, 1.165) is 31.6 Å². The van der Waals surface area contributed by atoms with Crippen LogP contribution in [0.2, 0.25) is 0 Å².